The number of benzene rings is 3. The zero-order valence-corrected chi connectivity index (χ0v) is 50.6. The predicted octanol–water partition coefficient (Wildman–Crippen LogP) is 8.27. The van der Waals surface area contributed by atoms with E-state index in [0.717, 1.165) is 80.2 Å². The van der Waals surface area contributed by atoms with Gasteiger partial charge < -0.3 is 45.3 Å². The molecule has 444 valence electrons. The molecule has 18 nitrogen and oxygen atoms in total. The molecule has 8 rings (SSSR count). The fourth-order valence-corrected chi connectivity index (χ4v) is 12.3. The normalized spacial score (nSPS) is 17.9. The van der Waals surface area contributed by atoms with E-state index in [-0.39, 0.29) is 68.8 Å². The topological polar surface area (TPSA) is 196 Å². The number of hydrogen-bond acceptors (Lipinski definition) is 16. The number of piperazine rings is 1. The van der Waals surface area contributed by atoms with E-state index < -0.39 is 15.1 Å². The fourth-order valence-electron chi connectivity index (χ4n) is 10.9. The Bertz CT molecular complexity index is 3090. The number of amides is 2. The molecule has 21 heteroatoms. The molecule has 3 aromatic carbocycles. The van der Waals surface area contributed by atoms with Crippen molar-refractivity contribution in [1.82, 2.24) is 40.3 Å². The molecule has 5 aromatic rings. The molecule has 2 aromatic heterocycles. The third-order valence-electron chi connectivity index (χ3n) is 15.4. The second-order valence-corrected chi connectivity index (χ2v) is 26.1. The van der Waals surface area contributed by atoms with Crippen LogP contribution in [-0.4, -0.2) is 172 Å². The zero-order chi connectivity index (χ0) is 58.7. The van der Waals surface area contributed by atoms with Gasteiger partial charge in [-0.25, -0.2) is 17.8 Å². The van der Waals surface area contributed by atoms with Crippen LogP contribution in [0.2, 0.25) is 5.02 Å². The van der Waals surface area contributed by atoms with Gasteiger partial charge in [0.25, 0.3) is 0 Å². The number of halogens is 2. The van der Waals surface area contributed by atoms with Crippen molar-refractivity contribution >= 4 is 62.1 Å². The highest BCUT2D eigenvalue weighted by molar-refractivity contribution is 7.92. The lowest BCUT2D eigenvalue weighted by Gasteiger charge is -2.41. The van der Waals surface area contributed by atoms with Crippen LogP contribution in [0.25, 0.3) is 0 Å². The first-order valence-electron chi connectivity index (χ1n) is 28.7. The summed E-state index contributed by atoms with van der Waals surface area (Å²) in [6, 6.07) is 19.8. The second-order valence-electron chi connectivity index (χ2n) is 23.3. The summed E-state index contributed by atoms with van der Waals surface area (Å²) < 4.78 is 57.9. The van der Waals surface area contributed by atoms with E-state index >= 15 is 0 Å². The van der Waals surface area contributed by atoms with Crippen molar-refractivity contribution in [3.05, 3.63) is 118 Å². The highest BCUT2D eigenvalue weighted by Crippen LogP contribution is 2.41. The molecule has 2 atom stereocenters. The van der Waals surface area contributed by atoms with Gasteiger partial charge in [0.2, 0.25) is 17.8 Å². The number of ether oxygens (including phenoxy) is 3. The Morgan fingerprint density at radius 3 is 2.38 bits per heavy atom. The molecule has 0 bridgehead atoms. The number of nitrogens with one attached hydrogen (secondary N) is 4. The molecule has 3 aliphatic heterocycles. The molecule has 0 unspecified atom stereocenters. The third kappa shape index (κ3) is 16.5. The van der Waals surface area contributed by atoms with Gasteiger partial charge in [0.05, 0.1) is 84.7 Å². The molecular formula is C61H83ClFN11O7S. The molecule has 3 aliphatic rings. The van der Waals surface area contributed by atoms with Crippen molar-refractivity contribution in [2.45, 2.75) is 114 Å². The number of anilines is 5. The van der Waals surface area contributed by atoms with Gasteiger partial charge in [-0.2, -0.15) is 4.98 Å². The van der Waals surface area contributed by atoms with Crippen LogP contribution < -0.4 is 30.9 Å². The van der Waals surface area contributed by atoms with Crippen LogP contribution in [-0.2, 0) is 40.7 Å². The van der Waals surface area contributed by atoms with Crippen LogP contribution in [0, 0.1) is 12.7 Å². The van der Waals surface area contributed by atoms with Crippen molar-refractivity contribution in [2.75, 3.05) is 114 Å². The van der Waals surface area contributed by atoms with Gasteiger partial charge in [0, 0.05) is 63.0 Å². The summed E-state index contributed by atoms with van der Waals surface area (Å²) in [6.07, 6.45) is 5.61. The Hall–Kier alpha value is -5.84. The standard InChI is InChI=1S/C61H83ClFN11O7S/c1-40(2)81-54-31-49(42(5)28-52(54)69-60-67-34-50(62)59(70-60)68-51-12-10-11-13-55(51)82(77,78)41(3)4)46-18-21-72(22-19-46)37-56(75)64-20-24-79-26-27-80-25-23-71(9)36-48-33-65-43(6)35-73(48)38-57(76)74-39-61(7,8)58-53(74)30-45(32-66-58)29-44-14-16-47(63)17-15-44/h10-17,28,30-32,34,40-41,43,46,48,65H,18-27,29,33,35-39H2,1-9H3,(H,64,75)(H2,67,68,69,70)/t43-,48-/m1/s1. The molecule has 2 amide bonds. The lowest BCUT2D eigenvalue weighted by atomic mass is 9.86. The van der Waals surface area contributed by atoms with Gasteiger partial charge in [-0.3, -0.25) is 24.4 Å². The summed E-state index contributed by atoms with van der Waals surface area (Å²) in [5.74, 6) is 1.20. The summed E-state index contributed by atoms with van der Waals surface area (Å²) in [5, 5.41) is 12.7. The Morgan fingerprint density at radius 1 is 0.915 bits per heavy atom. The predicted molar refractivity (Wildman–Crippen MR) is 322 cm³/mol. The Balaban J connectivity index is 0.722. The fraction of sp³-hybridized carbons (Fsp3) is 0.525. The summed E-state index contributed by atoms with van der Waals surface area (Å²) in [6.45, 7) is 23.7. The third-order valence-corrected chi connectivity index (χ3v) is 17.8. The molecule has 0 saturated carbocycles. The number of para-hydroxylation sites is 1. The van der Waals surface area contributed by atoms with E-state index in [1.54, 1.807) is 50.2 Å². The van der Waals surface area contributed by atoms with Crippen LogP contribution >= 0.6 is 11.6 Å². The van der Waals surface area contributed by atoms with Gasteiger partial charge in [0.15, 0.2) is 15.7 Å². The first kappa shape index (κ1) is 62.2. The van der Waals surface area contributed by atoms with Crippen molar-refractivity contribution < 1.29 is 36.6 Å². The Labute approximate surface area is 489 Å². The molecule has 4 N–H and O–H groups in total. The maximum Gasteiger partial charge on any atom is 0.241 e. The minimum Gasteiger partial charge on any atom is -0.489 e. The number of piperidine rings is 1. The molecule has 82 heavy (non-hydrogen) atoms. The zero-order valence-electron chi connectivity index (χ0n) is 49.1. The number of carbonyl (C=O) groups excluding carboxylic acids is 2. The van der Waals surface area contributed by atoms with Crippen molar-refractivity contribution in [2.24, 2.45) is 0 Å². The van der Waals surface area contributed by atoms with E-state index in [4.69, 9.17) is 30.8 Å². The molecular weight excluding hydrogens is 1090 g/mol. The number of sulfone groups is 1. The number of hydrogen-bond donors (Lipinski definition) is 4. The number of aryl methyl sites for hydroxylation is 1. The van der Waals surface area contributed by atoms with E-state index in [2.05, 4.69) is 92.8 Å². The minimum absolute atomic E-state index is 0.0325. The number of likely N-dealkylation sites (N-methyl/N-ethyl adjacent to an activating group) is 1. The van der Waals surface area contributed by atoms with Gasteiger partial charge in [-0.1, -0.05) is 49.7 Å². The Kier molecular flexibility index (Phi) is 21.4. The van der Waals surface area contributed by atoms with Crippen molar-refractivity contribution in [3.8, 4) is 5.75 Å². The van der Waals surface area contributed by atoms with Gasteiger partial charge in [-0.15, -0.1) is 0 Å². The summed E-state index contributed by atoms with van der Waals surface area (Å²) in [5.41, 5.74) is 6.80. The Morgan fingerprint density at radius 2 is 1.65 bits per heavy atom. The van der Waals surface area contributed by atoms with E-state index in [1.165, 1.54) is 23.9 Å². The highest BCUT2D eigenvalue weighted by Gasteiger charge is 2.41. The highest BCUT2D eigenvalue weighted by atomic mass is 35.5. The van der Waals surface area contributed by atoms with Gasteiger partial charge >= 0.3 is 0 Å². The van der Waals surface area contributed by atoms with Crippen LogP contribution in [0.4, 0.5) is 33.2 Å². The lowest BCUT2D eigenvalue weighted by Crippen LogP contribution is -2.60. The molecule has 0 spiro atoms. The number of aromatic nitrogens is 3. The summed E-state index contributed by atoms with van der Waals surface area (Å²) in [7, 11) is -1.51. The number of carbonyl (C=O) groups is 2. The number of nitrogens with zero attached hydrogens (tertiary/aromatic N) is 7. The number of rotatable bonds is 26. The molecule has 2 fully saturated rings. The van der Waals surface area contributed by atoms with Crippen LogP contribution in [0.3, 0.4) is 0 Å². The van der Waals surface area contributed by atoms with Gasteiger partial charge in [0.1, 0.15) is 16.6 Å². The molecule has 0 radical (unpaired) electrons. The molecule has 5 heterocycles. The lowest BCUT2D eigenvalue weighted by molar-refractivity contribution is -0.123. The average Bonchev–Trinajstić information content (AvgIpc) is 2.82. The second kappa shape index (κ2) is 28.2. The minimum atomic E-state index is -3.59. The average molecular weight is 1170 g/mol. The SMILES string of the molecule is Cc1cc(Nc2ncc(Cl)c(Nc3ccccc3S(=O)(=O)C(C)C)n2)c(OC(C)C)cc1C1CCN(CC(=O)NCCOCCOCCN(C)C[C@H]2CN[C@H](C)CN2CC(=O)N2CC(C)(C)c3ncc(Cc4ccc(F)cc4)cc32)CC1. The maximum absolute atomic E-state index is 14.2. The van der Waals surface area contributed by atoms with Crippen LogP contribution in [0.15, 0.2) is 84.0 Å². The smallest absolute Gasteiger partial charge is 0.241 e. The van der Waals surface area contributed by atoms with E-state index in [9.17, 15) is 22.4 Å². The number of fused-ring (bicyclic) bond motifs is 1. The van der Waals surface area contributed by atoms with Crippen molar-refractivity contribution in [3.63, 3.8) is 0 Å². The quantitative estimate of drug-likeness (QED) is 0.0386. The first-order valence-corrected chi connectivity index (χ1v) is 30.6. The van der Waals surface area contributed by atoms with Crippen molar-refractivity contribution in [1.29, 1.82) is 0 Å². The molecule has 2 saturated heterocycles. The monoisotopic (exact) mass is 1170 g/mol. The van der Waals surface area contributed by atoms with Gasteiger partial charge in [-0.05, 0) is 152 Å². The number of likely N-dealkylation sites (tertiary alicyclic amines) is 1. The van der Waals surface area contributed by atoms with Crippen LogP contribution in [0.5, 0.6) is 5.75 Å². The number of pyridine rings is 1. The summed E-state index contributed by atoms with van der Waals surface area (Å²) in [4.78, 5) is 49.9. The summed E-state index contributed by atoms with van der Waals surface area (Å²) >= 11 is 6.53. The van der Waals surface area contributed by atoms with Crippen LogP contribution in [0.1, 0.15) is 95.2 Å². The molecule has 0 aliphatic carbocycles. The van der Waals surface area contributed by atoms with E-state index in [1.807, 2.05) is 31.0 Å². The maximum atomic E-state index is 14.2. The first-order chi connectivity index (χ1) is 39.1. The van der Waals surface area contributed by atoms with E-state index in [0.29, 0.717) is 76.2 Å². The largest absolute Gasteiger partial charge is 0.489 e.